The fourth-order valence-electron chi connectivity index (χ4n) is 5.15. The molecule has 210 valence electrons. The molecule has 40 heavy (non-hydrogen) atoms. The number of amides is 1. The first-order valence-electron chi connectivity index (χ1n) is 13.9. The second kappa shape index (κ2) is 11.0. The summed E-state index contributed by atoms with van der Waals surface area (Å²) in [5.41, 5.74) is 5.39. The molecule has 3 aromatic carbocycles. The first-order valence-corrected chi connectivity index (χ1v) is 13.9. The predicted octanol–water partition coefficient (Wildman–Crippen LogP) is 7.26. The smallest absolute Gasteiger partial charge is 0.295 e. The number of rotatable bonds is 6. The van der Waals surface area contributed by atoms with E-state index in [1.165, 1.54) is 0 Å². The van der Waals surface area contributed by atoms with E-state index in [9.17, 15) is 14.7 Å². The molecule has 3 aromatic rings. The summed E-state index contributed by atoms with van der Waals surface area (Å²) in [6.07, 6.45) is 0.562. The van der Waals surface area contributed by atoms with E-state index >= 15 is 0 Å². The van der Waals surface area contributed by atoms with E-state index < -0.39 is 17.7 Å². The molecule has 1 aliphatic rings. The van der Waals surface area contributed by atoms with Crippen LogP contribution in [-0.4, -0.2) is 35.4 Å². The lowest BCUT2D eigenvalue weighted by atomic mass is 9.84. The summed E-state index contributed by atoms with van der Waals surface area (Å²) in [4.78, 5) is 28.7. The fraction of sp³-hybridized carbons (Fsp3) is 0.371. The third-order valence-corrected chi connectivity index (χ3v) is 7.79. The first kappa shape index (κ1) is 29.1. The zero-order valence-corrected chi connectivity index (χ0v) is 25.0. The van der Waals surface area contributed by atoms with Crippen molar-refractivity contribution < 1.29 is 19.4 Å². The zero-order valence-electron chi connectivity index (χ0n) is 25.0. The summed E-state index contributed by atoms with van der Waals surface area (Å²) in [6.45, 7) is 15.0. The third kappa shape index (κ3) is 5.84. The lowest BCUT2D eigenvalue weighted by Gasteiger charge is -2.27. The van der Waals surface area contributed by atoms with Crippen molar-refractivity contribution in [3.05, 3.63) is 106 Å². The number of hydrogen-bond acceptors (Lipinski definition) is 4. The van der Waals surface area contributed by atoms with Gasteiger partial charge in [0.15, 0.2) is 0 Å². The van der Waals surface area contributed by atoms with Crippen molar-refractivity contribution in [2.24, 2.45) is 0 Å². The summed E-state index contributed by atoms with van der Waals surface area (Å²) >= 11 is 0. The minimum atomic E-state index is -0.690. The van der Waals surface area contributed by atoms with Crippen LogP contribution in [0.1, 0.15) is 81.0 Å². The maximum atomic E-state index is 13.6. The number of Topliss-reactive ketones (excluding diaryl/α,β-unsaturated/α-hetero) is 1. The monoisotopic (exact) mass is 539 g/mol. The van der Waals surface area contributed by atoms with E-state index in [0.717, 1.165) is 33.6 Å². The molecule has 5 nitrogen and oxygen atoms in total. The Kier molecular flexibility index (Phi) is 7.98. The van der Waals surface area contributed by atoms with Crippen molar-refractivity contribution in [2.45, 2.75) is 71.8 Å². The SMILES string of the molecule is COc1ccc(CCN2C(=O)C(=O)/C(=C(/O)c3cc(C(C)(C)C)ccc3C)C2c2ccc(C(C)(C)C)cc2)cc1. The van der Waals surface area contributed by atoms with Crippen LogP contribution in [0.25, 0.3) is 5.76 Å². The van der Waals surface area contributed by atoms with Crippen molar-refractivity contribution in [3.63, 3.8) is 0 Å². The summed E-state index contributed by atoms with van der Waals surface area (Å²) in [5, 5.41) is 11.7. The maximum Gasteiger partial charge on any atom is 0.295 e. The van der Waals surface area contributed by atoms with Gasteiger partial charge >= 0.3 is 0 Å². The highest BCUT2D eigenvalue weighted by molar-refractivity contribution is 6.46. The van der Waals surface area contributed by atoms with E-state index in [2.05, 4.69) is 41.5 Å². The molecule has 1 atom stereocenters. The number of ether oxygens (including phenoxy) is 1. The number of aliphatic hydroxyl groups is 1. The molecule has 1 heterocycles. The number of hydrogen-bond donors (Lipinski definition) is 1. The standard InChI is InChI=1S/C35H41NO4/c1-22-9-14-26(35(5,6)7)21-28(22)31(37)29-30(24-12-15-25(16-13-24)34(2,3)4)36(33(39)32(29)38)20-19-23-10-17-27(40-8)18-11-23/h9-18,21,30,37H,19-20H2,1-8H3/b31-29+. The van der Waals surface area contributed by atoms with Gasteiger partial charge in [-0.2, -0.15) is 0 Å². The third-order valence-electron chi connectivity index (χ3n) is 7.79. The molecule has 0 spiro atoms. The van der Waals surface area contributed by atoms with Crippen LogP contribution < -0.4 is 4.74 Å². The zero-order chi connectivity index (χ0) is 29.4. The highest BCUT2D eigenvalue weighted by Gasteiger charge is 2.46. The van der Waals surface area contributed by atoms with E-state index in [4.69, 9.17) is 4.74 Å². The average Bonchev–Trinajstić information content (AvgIpc) is 3.16. The molecule has 1 aliphatic heterocycles. The van der Waals surface area contributed by atoms with Gasteiger partial charge in [-0.1, -0.05) is 90.1 Å². The number of aryl methyl sites for hydroxylation is 1. The quantitative estimate of drug-likeness (QED) is 0.203. The molecule has 1 N–H and O–H groups in total. The Bertz CT molecular complexity index is 1430. The molecule has 1 unspecified atom stereocenters. The fourth-order valence-corrected chi connectivity index (χ4v) is 5.15. The van der Waals surface area contributed by atoms with Crippen LogP contribution in [0.2, 0.25) is 0 Å². The molecular formula is C35H41NO4. The molecule has 5 heteroatoms. The molecule has 4 rings (SSSR count). The minimum Gasteiger partial charge on any atom is -0.507 e. The van der Waals surface area contributed by atoms with Crippen LogP contribution in [0.5, 0.6) is 5.75 Å². The normalized spacial score (nSPS) is 17.4. The van der Waals surface area contributed by atoms with Crippen LogP contribution in [0.3, 0.4) is 0 Å². The second-order valence-corrected chi connectivity index (χ2v) is 12.7. The first-order chi connectivity index (χ1) is 18.7. The molecule has 0 aromatic heterocycles. The van der Waals surface area contributed by atoms with Gasteiger partial charge in [0.25, 0.3) is 11.7 Å². The number of ketones is 1. The number of carbonyl (C=O) groups is 2. The van der Waals surface area contributed by atoms with Gasteiger partial charge in [0, 0.05) is 12.1 Å². The summed E-state index contributed by atoms with van der Waals surface area (Å²) in [5.74, 6) is -0.614. The van der Waals surface area contributed by atoms with Crippen molar-refractivity contribution in [1.82, 2.24) is 4.90 Å². The van der Waals surface area contributed by atoms with Gasteiger partial charge in [-0.25, -0.2) is 0 Å². The number of methoxy groups -OCH3 is 1. The van der Waals surface area contributed by atoms with Gasteiger partial charge in [-0.3, -0.25) is 9.59 Å². The van der Waals surface area contributed by atoms with Gasteiger partial charge in [-0.15, -0.1) is 0 Å². The van der Waals surface area contributed by atoms with Gasteiger partial charge in [0.05, 0.1) is 18.7 Å². The molecular weight excluding hydrogens is 498 g/mol. The van der Waals surface area contributed by atoms with Crippen LogP contribution in [-0.2, 0) is 26.8 Å². The van der Waals surface area contributed by atoms with Gasteiger partial charge < -0.3 is 14.7 Å². The lowest BCUT2D eigenvalue weighted by molar-refractivity contribution is -0.139. The number of benzene rings is 3. The Morgan fingerprint density at radius 3 is 1.98 bits per heavy atom. The van der Waals surface area contributed by atoms with Crippen molar-refractivity contribution in [2.75, 3.05) is 13.7 Å². The number of carbonyl (C=O) groups excluding carboxylic acids is 2. The average molecular weight is 540 g/mol. The Morgan fingerprint density at radius 1 is 0.850 bits per heavy atom. The van der Waals surface area contributed by atoms with Crippen LogP contribution in [0.4, 0.5) is 0 Å². The summed E-state index contributed by atoms with van der Waals surface area (Å²) < 4.78 is 5.26. The molecule has 1 amide bonds. The Labute approximate surface area is 238 Å². The lowest BCUT2D eigenvalue weighted by Crippen LogP contribution is -2.31. The number of aliphatic hydroxyl groups excluding tert-OH is 1. The highest BCUT2D eigenvalue weighted by atomic mass is 16.5. The van der Waals surface area contributed by atoms with Gasteiger partial charge in [-0.05, 0) is 70.2 Å². The van der Waals surface area contributed by atoms with Crippen molar-refractivity contribution in [1.29, 1.82) is 0 Å². The molecule has 0 aliphatic carbocycles. The largest absolute Gasteiger partial charge is 0.507 e. The molecule has 1 saturated heterocycles. The summed E-state index contributed by atoms with van der Waals surface area (Å²) in [7, 11) is 1.62. The molecule has 0 bridgehead atoms. The Hall–Kier alpha value is -3.86. The second-order valence-electron chi connectivity index (χ2n) is 12.7. The Balaban J connectivity index is 1.82. The summed E-state index contributed by atoms with van der Waals surface area (Å²) in [6, 6.07) is 21.0. The van der Waals surface area contributed by atoms with Gasteiger partial charge in [0.1, 0.15) is 11.5 Å². The van der Waals surface area contributed by atoms with E-state index in [1.807, 2.05) is 73.7 Å². The van der Waals surface area contributed by atoms with Gasteiger partial charge in [0.2, 0.25) is 0 Å². The van der Waals surface area contributed by atoms with E-state index in [-0.39, 0.29) is 22.2 Å². The molecule has 0 saturated carbocycles. The molecule has 0 radical (unpaired) electrons. The predicted molar refractivity (Wildman–Crippen MR) is 161 cm³/mol. The highest BCUT2D eigenvalue weighted by Crippen LogP contribution is 2.41. The van der Waals surface area contributed by atoms with E-state index in [0.29, 0.717) is 18.5 Å². The van der Waals surface area contributed by atoms with Crippen LogP contribution in [0.15, 0.2) is 72.3 Å². The van der Waals surface area contributed by atoms with Crippen LogP contribution in [0, 0.1) is 6.92 Å². The van der Waals surface area contributed by atoms with Crippen molar-refractivity contribution >= 4 is 17.4 Å². The molecule has 1 fully saturated rings. The minimum absolute atomic E-state index is 0.0424. The Morgan fingerprint density at radius 2 is 1.43 bits per heavy atom. The van der Waals surface area contributed by atoms with Crippen LogP contribution >= 0.6 is 0 Å². The van der Waals surface area contributed by atoms with E-state index in [1.54, 1.807) is 12.0 Å². The maximum absolute atomic E-state index is 13.6. The number of nitrogens with zero attached hydrogens (tertiary/aromatic N) is 1. The topological polar surface area (TPSA) is 66.8 Å². The van der Waals surface area contributed by atoms with Crippen molar-refractivity contribution in [3.8, 4) is 5.75 Å². The number of likely N-dealkylation sites (tertiary alicyclic amines) is 1.